The summed E-state index contributed by atoms with van der Waals surface area (Å²) < 4.78 is 0. The van der Waals surface area contributed by atoms with Gasteiger partial charge in [0.15, 0.2) is 5.12 Å². The van der Waals surface area contributed by atoms with Crippen LogP contribution in [0.3, 0.4) is 0 Å². The summed E-state index contributed by atoms with van der Waals surface area (Å²) >= 11 is 1.22. The fourth-order valence-corrected chi connectivity index (χ4v) is 1.29. The number of carbonyl (C=O) groups excluding carboxylic acids is 1. The smallest absolute Gasteiger partial charge is 0.186 e. The van der Waals surface area contributed by atoms with Crippen molar-refractivity contribution in [1.82, 2.24) is 4.98 Å². The lowest BCUT2D eigenvalue weighted by molar-refractivity contribution is -0.109. The first-order valence-corrected chi connectivity index (χ1v) is 5.12. The Balaban J connectivity index is 2.52. The Bertz CT molecular complexity index is 350. The molecule has 1 aromatic heterocycles. The number of hydrogen-bond acceptors (Lipinski definition) is 4. The number of aromatic hydroxyl groups is 1. The molecule has 0 fully saturated rings. The number of aromatic nitrogens is 1. The third-order valence-electron chi connectivity index (χ3n) is 1.47. The van der Waals surface area contributed by atoms with Crippen molar-refractivity contribution in [3.63, 3.8) is 0 Å². The summed E-state index contributed by atoms with van der Waals surface area (Å²) in [6.07, 6.45) is 5.11. The highest BCUT2D eigenvalue weighted by atomic mass is 32.2. The molecule has 0 aliphatic heterocycles. The number of carbonyl (C=O) groups is 1. The Morgan fingerprint density at radius 2 is 2.50 bits per heavy atom. The zero-order valence-electron chi connectivity index (χ0n) is 7.80. The summed E-state index contributed by atoms with van der Waals surface area (Å²) in [5.74, 6) is 0.752. The SMILES string of the molecule is CC(=O)SCC=Cc1ncccc1O. The first-order valence-electron chi connectivity index (χ1n) is 4.14. The minimum Gasteiger partial charge on any atom is -0.506 e. The van der Waals surface area contributed by atoms with Crippen molar-refractivity contribution < 1.29 is 9.90 Å². The summed E-state index contributed by atoms with van der Waals surface area (Å²) in [6, 6.07) is 3.24. The number of rotatable bonds is 3. The molecule has 0 aliphatic carbocycles. The van der Waals surface area contributed by atoms with Crippen LogP contribution in [0.5, 0.6) is 5.75 Å². The van der Waals surface area contributed by atoms with E-state index in [1.807, 2.05) is 0 Å². The van der Waals surface area contributed by atoms with Crippen LogP contribution in [0, 0.1) is 0 Å². The number of thioether (sulfide) groups is 1. The van der Waals surface area contributed by atoms with E-state index in [-0.39, 0.29) is 10.9 Å². The van der Waals surface area contributed by atoms with Crippen LogP contribution < -0.4 is 0 Å². The first-order chi connectivity index (χ1) is 6.70. The van der Waals surface area contributed by atoms with E-state index in [0.717, 1.165) is 0 Å². The molecule has 1 aromatic rings. The van der Waals surface area contributed by atoms with Gasteiger partial charge in [0.2, 0.25) is 0 Å². The van der Waals surface area contributed by atoms with Crippen molar-refractivity contribution in [3.05, 3.63) is 30.1 Å². The van der Waals surface area contributed by atoms with Gasteiger partial charge in [0, 0.05) is 18.9 Å². The van der Waals surface area contributed by atoms with E-state index >= 15 is 0 Å². The van der Waals surface area contributed by atoms with Crippen LogP contribution in [0.2, 0.25) is 0 Å². The van der Waals surface area contributed by atoms with Crippen LogP contribution in [0.1, 0.15) is 12.6 Å². The molecule has 0 amide bonds. The molecule has 0 saturated heterocycles. The van der Waals surface area contributed by atoms with Gasteiger partial charge in [-0.15, -0.1) is 0 Å². The molecule has 0 spiro atoms. The molecule has 74 valence electrons. The quantitative estimate of drug-likeness (QED) is 0.828. The van der Waals surface area contributed by atoms with E-state index in [1.54, 1.807) is 30.5 Å². The van der Waals surface area contributed by atoms with E-state index in [9.17, 15) is 9.90 Å². The Kier molecular flexibility index (Phi) is 4.19. The van der Waals surface area contributed by atoms with Crippen molar-refractivity contribution in [1.29, 1.82) is 0 Å². The van der Waals surface area contributed by atoms with Crippen molar-refractivity contribution in [2.24, 2.45) is 0 Å². The average Bonchev–Trinajstić information content (AvgIpc) is 2.15. The van der Waals surface area contributed by atoms with Gasteiger partial charge >= 0.3 is 0 Å². The second-order valence-corrected chi connectivity index (χ2v) is 3.81. The molecular formula is C10H11NO2S. The Hall–Kier alpha value is -1.29. The molecule has 14 heavy (non-hydrogen) atoms. The maximum absolute atomic E-state index is 10.6. The van der Waals surface area contributed by atoms with Crippen molar-refractivity contribution >= 4 is 23.0 Å². The number of pyridine rings is 1. The van der Waals surface area contributed by atoms with Gasteiger partial charge in [-0.2, -0.15) is 0 Å². The summed E-state index contributed by atoms with van der Waals surface area (Å²) in [7, 11) is 0. The third-order valence-corrected chi connectivity index (χ3v) is 2.24. The molecule has 0 bridgehead atoms. The third kappa shape index (κ3) is 3.62. The molecule has 0 aromatic carbocycles. The summed E-state index contributed by atoms with van der Waals surface area (Å²) in [4.78, 5) is 14.6. The maximum Gasteiger partial charge on any atom is 0.186 e. The summed E-state index contributed by atoms with van der Waals surface area (Å²) in [6.45, 7) is 1.52. The summed E-state index contributed by atoms with van der Waals surface area (Å²) in [5, 5.41) is 9.41. The molecule has 0 radical (unpaired) electrons. The van der Waals surface area contributed by atoms with E-state index < -0.39 is 0 Å². The van der Waals surface area contributed by atoms with Crippen LogP contribution >= 0.6 is 11.8 Å². The van der Waals surface area contributed by atoms with E-state index in [4.69, 9.17) is 0 Å². The minimum atomic E-state index is 0.0832. The minimum absolute atomic E-state index is 0.0832. The van der Waals surface area contributed by atoms with Gasteiger partial charge in [-0.05, 0) is 18.2 Å². The monoisotopic (exact) mass is 209 g/mol. The van der Waals surface area contributed by atoms with Crippen molar-refractivity contribution in [3.8, 4) is 5.75 Å². The highest BCUT2D eigenvalue weighted by Gasteiger charge is 1.95. The Morgan fingerprint density at radius 3 is 3.14 bits per heavy atom. The molecule has 0 atom stereocenters. The van der Waals surface area contributed by atoms with E-state index in [0.29, 0.717) is 11.4 Å². The average molecular weight is 209 g/mol. The van der Waals surface area contributed by atoms with Gasteiger partial charge in [0.25, 0.3) is 0 Å². The highest BCUT2D eigenvalue weighted by molar-refractivity contribution is 8.13. The van der Waals surface area contributed by atoms with Gasteiger partial charge in [-0.3, -0.25) is 9.78 Å². The predicted octanol–water partition coefficient (Wildman–Crippen LogP) is 2.08. The van der Waals surface area contributed by atoms with Gasteiger partial charge in [-0.25, -0.2) is 0 Å². The van der Waals surface area contributed by atoms with Crippen molar-refractivity contribution in [2.45, 2.75) is 6.92 Å². The lowest BCUT2D eigenvalue weighted by Crippen LogP contribution is -1.83. The largest absolute Gasteiger partial charge is 0.506 e. The lowest BCUT2D eigenvalue weighted by atomic mass is 10.3. The van der Waals surface area contributed by atoms with Gasteiger partial charge in [0.05, 0.1) is 0 Å². The molecule has 3 nitrogen and oxygen atoms in total. The number of hydrogen-bond donors (Lipinski definition) is 1. The zero-order valence-corrected chi connectivity index (χ0v) is 8.62. The second kappa shape index (κ2) is 5.44. The van der Waals surface area contributed by atoms with Crippen molar-refractivity contribution in [2.75, 3.05) is 5.75 Å². The Morgan fingerprint density at radius 1 is 1.71 bits per heavy atom. The predicted molar refractivity (Wildman–Crippen MR) is 58.1 cm³/mol. The molecule has 1 rings (SSSR count). The van der Waals surface area contributed by atoms with Crippen LogP contribution in [0.25, 0.3) is 6.08 Å². The maximum atomic E-state index is 10.6. The normalized spacial score (nSPS) is 10.6. The molecule has 1 N–H and O–H groups in total. The molecule has 0 aliphatic rings. The first kappa shape index (κ1) is 10.8. The highest BCUT2D eigenvalue weighted by Crippen LogP contribution is 2.14. The molecule has 1 heterocycles. The number of nitrogens with zero attached hydrogens (tertiary/aromatic N) is 1. The molecular weight excluding hydrogens is 198 g/mol. The molecule has 4 heteroatoms. The van der Waals surface area contributed by atoms with Gasteiger partial charge in [0.1, 0.15) is 11.4 Å². The standard InChI is InChI=1S/C10H11NO2S/c1-8(12)14-7-3-4-9-10(13)5-2-6-11-9/h2-6,13H,7H2,1H3. The summed E-state index contributed by atoms with van der Waals surface area (Å²) in [5.41, 5.74) is 0.525. The van der Waals surface area contributed by atoms with Gasteiger partial charge in [-0.1, -0.05) is 17.8 Å². The fourth-order valence-electron chi connectivity index (χ4n) is 0.863. The van der Waals surface area contributed by atoms with E-state index in [2.05, 4.69) is 4.98 Å². The van der Waals surface area contributed by atoms with E-state index in [1.165, 1.54) is 18.7 Å². The topological polar surface area (TPSA) is 50.2 Å². The fraction of sp³-hybridized carbons (Fsp3) is 0.200. The second-order valence-electron chi connectivity index (χ2n) is 2.61. The van der Waals surface area contributed by atoms with Crippen LogP contribution in [0.15, 0.2) is 24.4 Å². The molecule has 0 unspecified atom stereocenters. The van der Waals surface area contributed by atoms with Crippen LogP contribution in [-0.2, 0) is 4.79 Å². The lowest BCUT2D eigenvalue weighted by Gasteiger charge is -1.95. The zero-order chi connectivity index (χ0) is 10.4. The van der Waals surface area contributed by atoms with Crippen LogP contribution in [0.4, 0.5) is 0 Å². The molecule has 0 saturated carbocycles. The Labute approximate surface area is 86.9 Å². The van der Waals surface area contributed by atoms with Gasteiger partial charge < -0.3 is 5.11 Å². The van der Waals surface area contributed by atoms with Crippen LogP contribution in [-0.4, -0.2) is 21.0 Å².